The lowest BCUT2D eigenvalue weighted by atomic mass is 9.91. The molecule has 2 heteroatoms. The summed E-state index contributed by atoms with van der Waals surface area (Å²) < 4.78 is 0. The second-order valence-corrected chi connectivity index (χ2v) is 20.7. The molecule has 0 aromatic carbocycles. The highest BCUT2D eigenvalue weighted by atomic mass is 15.2. The maximum Gasteiger partial charge on any atom is 0.0109 e. The topological polar surface area (TPSA) is 6.48 Å². The van der Waals surface area contributed by atoms with Crippen LogP contribution in [-0.4, -0.2) is 49.1 Å². The van der Waals surface area contributed by atoms with E-state index >= 15 is 0 Å². The van der Waals surface area contributed by atoms with E-state index in [2.05, 4.69) is 103 Å². The number of nitrogens with zero attached hydrogens (tertiary/aromatic N) is 2. The van der Waals surface area contributed by atoms with Crippen LogP contribution in [0, 0.1) is 5.92 Å². The second-order valence-electron chi connectivity index (χ2n) is 20.7. The third kappa shape index (κ3) is 47.4. The quantitative estimate of drug-likeness (QED) is 0.0443. The largest absolute Gasteiger partial charge is 0.302 e. The highest BCUT2D eigenvalue weighted by molar-refractivity contribution is 4.94. The Morgan fingerprint density at radius 3 is 1.03 bits per heavy atom. The molecule has 0 aromatic rings. The van der Waals surface area contributed by atoms with Crippen molar-refractivity contribution in [2.45, 2.75) is 290 Å². The highest BCUT2D eigenvalue weighted by Gasteiger charge is 2.15. The first-order chi connectivity index (χ1) is 32.8. The van der Waals surface area contributed by atoms with Crippen molar-refractivity contribution >= 4 is 0 Å². The van der Waals surface area contributed by atoms with Gasteiger partial charge < -0.3 is 9.80 Å². The van der Waals surface area contributed by atoms with E-state index in [4.69, 9.17) is 0 Å². The number of likely N-dealkylation sites (tertiary alicyclic amines) is 1. The van der Waals surface area contributed by atoms with Crippen LogP contribution in [-0.2, 0) is 0 Å². The Hall–Kier alpha value is -1.64. The van der Waals surface area contributed by atoms with Gasteiger partial charge >= 0.3 is 0 Å². The Morgan fingerprint density at radius 1 is 0.318 bits per heavy atom. The number of allylic oxidation sites excluding steroid dienone is 12. The number of hydrogen-bond donors (Lipinski definition) is 0. The SMILES string of the molecule is CCCCC/C=C\C/C=C\CCCCCCCCC(CCCCCCCC/C=C\C/C=C\CCCCC)CCN(CCCCCCCC/C=C\C/C=C\CCCCC)CCN1CCCCC1. The molecule has 0 radical (unpaired) electrons. The summed E-state index contributed by atoms with van der Waals surface area (Å²) in [6.45, 7) is 14.8. The van der Waals surface area contributed by atoms with Crippen molar-refractivity contribution in [2.24, 2.45) is 5.92 Å². The minimum atomic E-state index is 0.926. The summed E-state index contributed by atoms with van der Waals surface area (Å²) in [6, 6.07) is 0. The van der Waals surface area contributed by atoms with E-state index in [1.54, 1.807) is 0 Å². The average Bonchev–Trinajstić information content (AvgIpc) is 3.34. The van der Waals surface area contributed by atoms with Crippen LogP contribution in [0.4, 0.5) is 0 Å². The fraction of sp³-hybridized carbons (Fsp3) is 0.812. The molecule has 1 fully saturated rings. The summed E-state index contributed by atoms with van der Waals surface area (Å²) in [6.07, 6.45) is 85.9. The zero-order valence-electron chi connectivity index (χ0n) is 45.3. The van der Waals surface area contributed by atoms with Crippen molar-refractivity contribution in [3.63, 3.8) is 0 Å². The van der Waals surface area contributed by atoms with Gasteiger partial charge in [0.15, 0.2) is 0 Å². The highest BCUT2D eigenvalue weighted by Crippen LogP contribution is 2.24. The molecule has 1 saturated heterocycles. The molecule has 1 rings (SSSR count). The Kier molecular flexibility index (Phi) is 51.3. The monoisotopic (exact) mass is 915 g/mol. The summed E-state index contributed by atoms with van der Waals surface area (Å²) >= 11 is 0. The molecule has 0 aliphatic carbocycles. The van der Waals surface area contributed by atoms with Crippen molar-refractivity contribution in [3.8, 4) is 0 Å². The molecule has 1 heterocycles. The number of piperidine rings is 1. The first kappa shape index (κ1) is 62.4. The standard InChI is InChI=1S/C64H118N2/c1-4-7-10-13-16-19-22-25-28-31-34-37-40-43-46-50-55-64(56-51-47-44-41-38-35-32-29-26-23-20-17-14-11-8-5-2)57-61-66(63-62-65-58-53-49-54-59-65)60-52-48-45-42-39-36-33-30-27-24-21-18-15-12-9-6-3/h16-21,25-30,64H,4-15,22-24,31-63H2,1-3H3/b19-16-,20-17-,21-18-,28-25-,29-26-,30-27-. The molecule has 66 heavy (non-hydrogen) atoms. The van der Waals surface area contributed by atoms with Crippen LogP contribution in [0.3, 0.4) is 0 Å². The van der Waals surface area contributed by atoms with E-state index in [0.717, 1.165) is 25.2 Å². The van der Waals surface area contributed by atoms with E-state index in [1.165, 1.54) is 290 Å². The molecule has 0 N–H and O–H groups in total. The average molecular weight is 916 g/mol. The fourth-order valence-corrected chi connectivity index (χ4v) is 9.77. The van der Waals surface area contributed by atoms with Gasteiger partial charge in [-0.25, -0.2) is 0 Å². The van der Waals surface area contributed by atoms with E-state index in [1.807, 2.05) is 0 Å². The van der Waals surface area contributed by atoms with Gasteiger partial charge in [0.1, 0.15) is 0 Å². The van der Waals surface area contributed by atoms with Crippen LogP contribution in [0.1, 0.15) is 290 Å². The predicted molar refractivity (Wildman–Crippen MR) is 302 cm³/mol. The zero-order chi connectivity index (χ0) is 47.2. The van der Waals surface area contributed by atoms with Crippen LogP contribution in [0.15, 0.2) is 72.9 Å². The molecule has 0 aromatic heterocycles. The van der Waals surface area contributed by atoms with Crippen LogP contribution in [0.5, 0.6) is 0 Å². The molecule has 1 aliphatic heterocycles. The van der Waals surface area contributed by atoms with Crippen LogP contribution in [0.25, 0.3) is 0 Å². The molecule has 0 amide bonds. The van der Waals surface area contributed by atoms with Gasteiger partial charge in [0.25, 0.3) is 0 Å². The van der Waals surface area contributed by atoms with Gasteiger partial charge in [-0.1, -0.05) is 241 Å². The normalized spacial score (nSPS) is 14.3. The van der Waals surface area contributed by atoms with Gasteiger partial charge in [-0.3, -0.25) is 0 Å². The Labute approximate surface area is 416 Å². The smallest absolute Gasteiger partial charge is 0.0109 e. The minimum Gasteiger partial charge on any atom is -0.302 e. The van der Waals surface area contributed by atoms with Gasteiger partial charge in [-0.05, 0) is 154 Å². The van der Waals surface area contributed by atoms with E-state index in [0.29, 0.717) is 0 Å². The molecule has 0 unspecified atom stereocenters. The Morgan fingerprint density at radius 2 is 0.652 bits per heavy atom. The summed E-state index contributed by atoms with van der Waals surface area (Å²) in [5, 5.41) is 0. The van der Waals surface area contributed by atoms with Gasteiger partial charge in [-0.2, -0.15) is 0 Å². The van der Waals surface area contributed by atoms with Crippen molar-refractivity contribution in [2.75, 3.05) is 39.3 Å². The lowest BCUT2D eigenvalue weighted by molar-refractivity contribution is 0.171. The lowest BCUT2D eigenvalue weighted by Gasteiger charge is -2.31. The molecule has 1 aliphatic rings. The molecule has 0 bridgehead atoms. The van der Waals surface area contributed by atoms with E-state index in [9.17, 15) is 0 Å². The van der Waals surface area contributed by atoms with Crippen LogP contribution in [0.2, 0.25) is 0 Å². The summed E-state index contributed by atoms with van der Waals surface area (Å²) in [5.41, 5.74) is 0. The molecule has 384 valence electrons. The minimum absolute atomic E-state index is 0.926. The Bertz CT molecular complexity index is 1060. The Balaban J connectivity index is 2.48. The molecule has 2 nitrogen and oxygen atoms in total. The van der Waals surface area contributed by atoms with Gasteiger partial charge in [0.2, 0.25) is 0 Å². The summed E-state index contributed by atoms with van der Waals surface area (Å²) in [5.74, 6) is 0.926. The predicted octanol–water partition coefficient (Wildman–Crippen LogP) is 21.0. The van der Waals surface area contributed by atoms with Gasteiger partial charge in [0, 0.05) is 13.1 Å². The lowest BCUT2D eigenvalue weighted by Crippen LogP contribution is -2.39. The molecule has 0 saturated carbocycles. The molecule has 0 atom stereocenters. The fourth-order valence-electron chi connectivity index (χ4n) is 9.77. The van der Waals surface area contributed by atoms with Gasteiger partial charge in [0.05, 0.1) is 0 Å². The maximum atomic E-state index is 2.92. The first-order valence-electron chi connectivity index (χ1n) is 30.1. The zero-order valence-corrected chi connectivity index (χ0v) is 45.3. The number of rotatable bonds is 51. The number of unbranched alkanes of at least 4 members (excludes halogenated alkanes) is 27. The second kappa shape index (κ2) is 54.3. The molecule has 0 spiro atoms. The van der Waals surface area contributed by atoms with Crippen molar-refractivity contribution in [1.29, 1.82) is 0 Å². The van der Waals surface area contributed by atoms with Crippen LogP contribution < -0.4 is 0 Å². The van der Waals surface area contributed by atoms with Crippen LogP contribution >= 0.6 is 0 Å². The van der Waals surface area contributed by atoms with Gasteiger partial charge in [-0.15, -0.1) is 0 Å². The first-order valence-corrected chi connectivity index (χ1v) is 30.1. The van der Waals surface area contributed by atoms with Crippen molar-refractivity contribution in [3.05, 3.63) is 72.9 Å². The summed E-state index contributed by atoms with van der Waals surface area (Å²) in [7, 11) is 0. The molecular formula is C64H118N2. The maximum absolute atomic E-state index is 2.92. The van der Waals surface area contributed by atoms with E-state index in [-0.39, 0.29) is 0 Å². The van der Waals surface area contributed by atoms with E-state index < -0.39 is 0 Å². The number of hydrogen-bond acceptors (Lipinski definition) is 2. The van der Waals surface area contributed by atoms with Crippen molar-refractivity contribution < 1.29 is 0 Å². The summed E-state index contributed by atoms with van der Waals surface area (Å²) in [4.78, 5) is 5.70. The third-order valence-corrected chi connectivity index (χ3v) is 14.3. The third-order valence-electron chi connectivity index (χ3n) is 14.3. The van der Waals surface area contributed by atoms with Crippen molar-refractivity contribution in [1.82, 2.24) is 9.80 Å². The molecular weight excluding hydrogens is 797 g/mol.